The van der Waals surface area contributed by atoms with Gasteiger partial charge in [0.25, 0.3) is 5.91 Å². The van der Waals surface area contributed by atoms with Crippen molar-refractivity contribution in [3.05, 3.63) is 59.5 Å². The van der Waals surface area contributed by atoms with Crippen molar-refractivity contribution in [2.75, 3.05) is 39.4 Å². The Hall–Kier alpha value is -4.05. The lowest BCUT2D eigenvalue weighted by Gasteiger charge is -2.11. The van der Waals surface area contributed by atoms with Gasteiger partial charge in [-0.3, -0.25) is 4.79 Å². The van der Waals surface area contributed by atoms with Gasteiger partial charge < -0.3 is 29.0 Å². The SMILES string of the molecule is CCOC(=O)c1c(-c2ccc(OC)cc2)csc1NC(=O)COC(=O)COc1ccccc1OC. The molecular formula is C25H25NO8S. The summed E-state index contributed by atoms with van der Waals surface area (Å²) >= 11 is 1.17. The van der Waals surface area contributed by atoms with Crippen molar-refractivity contribution in [1.29, 1.82) is 0 Å². The maximum atomic E-state index is 12.7. The molecule has 0 fully saturated rings. The quantitative estimate of drug-likeness (QED) is 0.392. The number of thiophene rings is 1. The van der Waals surface area contributed by atoms with Crippen LogP contribution in [0.1, 0.15) is 17.3 Å². The summed E-state index contributed by atoms with van der Waals surface area (Å²) in [5.41, 5.74) is 1.58. The predicted molar refractivity (Wildman–Crippen MR) is 130 cm³/mol. The van der Waals surface area contributed by atoms with Gasteiger partial charge in [-0.05, 0) is 36.8 Å². The van der Waals surface area contributed by atoms with Crippen LogP contribution >= 0.6 is 11.3 Å². The summed E-state index contributed by atoms with van der Waals surface area (Å²) in [6, 6.07) is 14.0. The van der Waals surface area contributed by atoms with Crippen LogP contribution in [-0.2, 0) is 19.1 Å². The van der Waals surface area contributed by atoms with Gasteiger partial charge in [0, 0.05) is 10.9 Å². The fourth-order valence-corrected chi connectivity index (χ4v) is 4.04. The van der Waals surface area contributed by atoms with E-state index in [4.69, 9.17) is 23.7 Å². The Balaban J connectivity index is 1.64. The average molecular weight is 500 g/mol. The van der Waals surface area contributed by atoms with Crippen molar-refractivity contribution >= 4 is 34.2 Å². The van der Waals surface area contributed by atoms with Crippen LogP contribution in [0.15, 0.2) is 53.9 Å². The number of esters is 2. The number of benzene rings is 2. The van der Waals surface area contributed by atoms with Crippen LogP contribution in [0.4, 0.5) is 5.00 Å². The third kappa shape index (κ3) is 6.73. The number of hydrogen-bond donors (Lipinski definition) is 1. The van der Waals surface area contributed by atoms with Crippen LogP contribution in [0.3, 0.4) is 0 Å². The molecule has 35 heavy (non-hydrogen) atoms. The zero-order valence-corrected chi connectivity index (χ0v) is 20.3. The first kappa shape index (κ1) is 25.6. The van der Waals surface area contributed by atoms with Crippen molar-refractivity contribution in [2.24, 2.45) is 0 Å². The Labute approximate surface area is 206 Å². The summed E-state index contributed by atoms with van der Waals surface area (Å²) in [7, 11) is 3.05. The topological polar surface area (TPSA) is 109 Å². The second kappa shape index (κ2) is 12.4. The Kier molecular flexibility index (Phi) is 9.08. The van der Waals surface area contributed by atoms with E-state index in [1.165, 1.54) is 18.4 Å². The number of ether oxygens (including phenoxy) is 5. The highest BCUT2D eigenvalue weighted by atomic mass is 32.1. The fourth-order valence-electron chi connectivity index (χ4n) is 3.06. The lowest BCUT2D eigenvalue weighted by Crippen LogP contribution is -2.24. The molecule has 2 aromatic carbocycles. The average Bonchev–Trinajstić information content (AvgIpc) is 3.30. The molecule has 0 aliphatic carbocycles. The van der Waals surface area contributed by atoms with Gasteiger partial charge in [-0.2, -0.15) is 0 Å². The fraction of sp³-hybridized carbons (Fsp3) is 0.240. The summed E-state index contributed by atoms with van der Waals surface area (Å²) in [6.07, 6.45) is 0. The molecule has 1 amide bonds. The van der Waals surface area contributed by atoms with Gasteiger partial charge >= 0.3 is 11.9 Å². The highest BCUT2D eigenvalue weighted by Crippen LogP contribution is 2.37. The highest BCUT2D eigenvalue weighted by molar-refractivity contribution is 7.15. The molecule has 184 valence electrons. The van der Waals surface area contributed by atoms with E-state index in [-0.39, 0.29) is 12.2 Å². The van der Waals surface area contributed by atoms with Gasteiger partial charge in [-0.25, -0.2) is 9.59 Å². The maximum Gasteiger partial charge on any atom is 0.344 e. The molecule has 0 aliphatic heterocycles. The number of anilines is 1. The van der Waals surface area contributed by atoms with Crippen LogP contribution in [0.25, 0.3) is 11.1 Å². The second-order valence-corrected chi connectivity index (χ2v) is 7.83. The van der Waals surface area contributed by atoms with Crippen LogP contribution < -0.4 is 19.5 Å². The highest BCUT2D eigenvalue weighted by Gasteiger charge is 2.23. The number of rotatable bonds is 11. The first-order valence-electron chi connectivity index (χ1n) is 10.6. The molecule has 1 heterocycles. The summed E-state index contributed by atoms with van der Waals surface area (Å²) in [5.74, 6) is -0.398. The lowest BCUT2D eigenvalue weighted by atomic mass is 10.0. The number of methoxy groups -OCH3 is 2. The minimum atomic E-state index is -0.734. The number of carbonyl (C=O) groups is 3. The van der Waals surface area contributed by atoms with Gasteiger partial charge in [-0.15, -0.1) is 11.3 Å². The molecule has 0 saturated heterocycles. The Bertz CT molecular complexity index is 1170. The third-order valence-electron chi connectivity index (χ3n) is 4.70. The first-order chi connectivity index (χ1) is 17.0. The predicted octanol–water partition coefficient (Wildman–Crippen LogP) is 4.17. The molecule has 1 aromatic heterocycles. The molecule has 0 atom stereocenters. The normalized spacial score (nSPS) is 10.3. The van der Waals surface area contributed by atoms with Crippen molar-refractivity contribution in [3.8, 4) is 28.4 Å². The second-order valence-electron chi connectivity index (χ2n) is 6.95. The number of para-hydroxylation sites is 2. The van der Waals surface area contributed by atoms with Crippen molar-refractivity contribution in [3.63, 3.8) is 0 Å². The first-order valence-corrected chi connectivity index (χ1v) is 11.5. The number of amides is 1. The van der Waals surface area contributed by atoms with Crippen LogP contribution in [0, 0.1) is 0 Å². The van der Waals surface area contributed by atoms with E-state index in [0.717, 1.165) is 5.56 Å². The molecule has 0 saturated carbocycles. The molecule has 0 bridgehead atoms. The monoisotopic (exact) mass is 499 g/mol. The zero-order valence-electron chi connectivity index (χ0n) is 19.5. The van der Waals surface area contributed by atoms with Gasteiger partial charge in [-0.1, -0.05) is 24.3 Å². The minimum Gasteiger partial charge on any atom is -0.497 e. The van der Waals surface area contributed by atoms with E-state index >= 15 is 0 Å². The minimum absolute atomic E-state index is 0.175. The summed E-state index contributed by atoms with van der Waals surface area (Å²) in [6.45, 7) is 0.921. The van der Waals surface area contributed by atoms with Crippen LogP contribution in [0.2, 0.25) is 0 Å². The maximum absolute atomic E-state index is 12.7. The molecule has 0 unspecified atom stereocenters. The van der Waals surface area contributed by atoms with Crippen LogP contribution in [-0.4, -0.2) is 51.9 Å². The summed E-state index contributed by atoms with van der Waals surface area (Å²) < 4.78 is 25.9. The molecule has 0 radical (unpaired) electrons. The van der Waals surface area contributed by atoms with E-state index in [1.54, 1.807) is 67.9 Å². The number of nitrogens with one attached hydrogen (secondary N) is 1. The molecule has 3 aromatic rings. The molecule has 10 heteroatoms. The Morgan fingerprint density at radius 3 is 2.26 bits per heavy atom. The van der Waals surface area contributed by atoms with E-state index < -0.39 is 31.1 Å². The zero-order chi connectivity index (χ0) is 25.2. The van der Waals surface area contributed by atoms with E-state index in [9.17, 15) is 14.4 Å². The van der Waals surface area contributed by atoms with Crippen molar-refractivity contribution < 1.29 is 38.1 Å². The molecule has 0 spiro atoms. The lowest BCUT2D eigenvalue weighted by molar-refractivity contribution is -0.149. The summed E-state index contributed by atoms with van der Waals surface area (Å²) in [5, 5.41) is 4.66. The van der Waals surface area contributed by atoms with Crippen molar-refractivity contribution in [2.45, 2.75) is 6.92 Å². The van der Waals surface area contributed by atoms with Gasteiger partial charge in [0.2, 0.25) is 0 Å². The molecule has 1 N–H and O–H groups in total. The third-order valence-corrected chi connectivity index (χ3v) is 5.60. The largest absolute Gasteiger partial charge is 0.497 e. The van der Waals surface area contributed by atoms with Crippen molar-refractivity contribution in [1.82, 2.24) is 0 Å². The number of hydrogen-bond acceptors (Lipinski definition) is 9. The standard InChI is InChI=1S/C25H25NO8S/c1-4-32-25(29)23-18(16-9-11-17(30-2)12-10-16)15-35-24(23)26-21(27)13-34-22(28)14-33-20-8-6-5-7-19(20)31-3/h5-12,15H,4,13-14H2,1-3H3,(H,26,27). The van der Waals surface area contributed by atoms with E-state index in [2.05, 4.69) is 5.32 Å². The molecular weight excluding hydrogens is 474 g/mol. The Morgan fingerprint density at radius 1 is 0.886 bits per heavy atom. The molecule has 0 aliphatic rings. The van der Waals surface area contributed by atoms with Crippen LogP contribution in [0.5, 0.6) is 17.2 Å². The van der Waals surface area contributed by atoms with Gasteiger partial charge in [0.05, 0.1) is 20.8 Å². The van der Waals surface area contributed by atoms with Gasteiger partial charge in [0.15, 0.2) is 24.7 Å². The van der Waals surface area contributed by atoms with E-state index in [0.29, 0.717) is 27.8 Å². The smallest absolute Gasteiger partial charge is 0.344 e. The summed E-state index contributed by atoms with van der Waals surface area (Å²) in [4.78, 5) is 37.1. The van der Waals surface area contributed by atoms with E-state index in [1.807, 2.05) is 0 Å². The Morgan fingerprint density at radius 2 is 1.60 bits per heavy atom. The molecule has 3 rings (SSSR count). The van der Waals surface area contributed by atoms with Gasteiger partial charge in [0.1, 0.15) is 16.3 Å². The number of carbonyl (C=O) groups excluding carboxylic acids is 3. The molecule has 9 nitrogen and oxygen atoms in total.